The van der Waals surface area contributed by atoms with E-state index in [-0.39, 0.29) is 29.6 Å². The molecule has 2 saturated heterocycles. The van der Waals surface area contributed by atoms with Crippen LogP contribution in [0.4, 0.5) is 10.4 Å². The lowest BCUT2D eigenvalue weighted by molar-refractivity contribution is 0.0714. The number of hydrogen-bond donors (Lipinski definition) is 0. The third-order valence-electron chi connectivity index (χ3n) is 5.81. The average Bonchev–Trinajstić information content (AvgIpc) is 3.41. The van der Waals surface area contributed by atoms with Crippen LogP contribution in [0.15, 0.2) is 53.2 Å². The first-order valence-corrected chi connectivity index (χ1v) is 9.61. The van der Waals surface area contributed by atoms with E-state index in [4.69, 9.17) is 4.42 Å². The van der Waals surface area contributed by atoms with Crippen molar-refractivity contribution in [3.05, 3.63) is 71.6 Å². The molecule has 0 saturated carbocycles. The number of fused-ring (bicyclic) bond motifs is 1. The smallest absolute Gasteiger partial charge is 0.318 e. The van der Waals surface area contributed by atoms with E-state index in [9.17, 15) is 9.18 Å². The van der Waals surface area contributed by atoms with Gasteiger partial charge < -0.3 is 14.2 Å². The van der Waals surface area contributed by atoms with Gasteiger partial charge in [-0.25, -0.2) is 4.39 Å². The molecular formula is C21H20FN5O2. The van der Waals surface area contributed by atoms with Gasteiger partial charge in [-0.2, -0.15) is 0 Å². The zero-order valence-electron chi connectivity index (χ0n) is 15.9. The Morgan fingerprint density at radius 1 is 1.17 bits per heavy atom. The maximum atomic E-state index is 14.0. The average molecular weight is 393 g/mol. The lowest BCUT2D eigenvalue weighted by Gasteiger charge is -2.29. The normalized spacial score (nSPS) is 23.4. The van der Waals surface area contributed by atoms with Crippen molar-refractivity contribution in [1.29, 1.82) is 0 Å². The molecular weight excluding hydrogens is 373 g/mol. The van der Waals surface area contributed by atoms with Gasteiger partial charge in [0.2, 0.25) is 5.89 Å². The molecule has 2 fully saturated rings. The molecule has 4 heterocycles. The number of nitrogens with zero attached hydrogens (tertiary/aromatic N) is 5. The molecule has 29 heavy (non-hydrogen) atoms. The predicted octanol–water partition coefficient (Wildman–Crippen LogP) is 2.86. The van der Waals surface area contributed by atoms with E-state index in [1.165, 1.54) is 12.1 Å². The zero-order valence-corrected chi connectivity index (χ0v) is 15.9. The van der Waals surface area contributed by atoms with Crippen molar-refractivity contribution in [2.45, 2.75) is 13.0 Å². The summed E-state index contributed by atoms with van der Waals surface area (Å²) < 4.78 is 19.6. The largest absolute Gasteiger partial charge is 0.408 e. The van der Waals surface area contributed by atoms with Crippen LogP contribution in [0, 0.1) is 24.6 Å². The summed E-state index contributed by atoms with van der Waals surface area (Å²) >= 11 is 0. The highest BCUT2D eigenvalue weighted by Crippen LogP contribution is 2.46. The van der Waals surface area contributed by atoms with Crippen molar-refractivity contribution in [2.24, 2.45) is 11.8 Å². The van der Waals surface area contributed by atoms with E-state index in [0.717, 1.165) is 12.1 Å². The van der Waals surface area contributed by atoms with Crippen LogP contribution in [0.5, 0.6) is 0 Å². The Labute approximate surface area is 167 Å². The first-order valence-electron chi connectivity index (χ1n) is 9.61. The Morgan fingerprint density at radius 2 is 2.07 bits per heavy atom. The molecule has 5 rings (SSSR count). The van der Waals surface area contributed by atoms with Gasteiger partial charge in [0.05, 0.1) is 11.6 Å². The topological polar surface area (TPSA) is 75.4 Å². The van der Waals surface area contributed by atoms with E-state index in [1.807, 2.05) is 11.0 Å². The Balaban J connectivity index is 1.48. The first-order chi connectivity index (χ1) is 14.1. The SMILES string of the molecule is Cc1nnc(N2C[C@H]3CN(C(=O)c4cccnc4)[C@H](c4cccc(F)c4)[C@H]3C2)o1. The number of amides is 1. The summed E-state index contributed by atoms with van der Waals surface area (Å²) in [6.45, 7) is 3.74. The van der Waals surface area contributed by atoms with Gasteiger partial charge in [0.15, 0.2) is 0 Å². The number of rotatable bonds is 3. The number of likely N-dealkylation sites (tertiary alicyclic amines) is 1. The number of anilines is 1. The van der Waals surface area contributed by atoms with Gasteiger partial charge in [0, 0.05) is 50.8 Å². The fourth-order valence-corrected chi connectivity index (χ4v) is 4.60. The van der Waals surface area contributed by atoms with E-state index in [0.29, 0.717) is 30.6 Å². The summed E-state index contributed by atoms with van der Waals surface area (Å²) in [5.74, 6) is 0.511. The minimum absolute atomic E-state index is 0.0815. The summed E-state index contributed by atoms with van der Waals surface area (Å²) in [4.78, 5) is 21.2. The molecule has 1 aromatic carbocycles. The second-order valence-electron chi connectivity index (χ2n) is 7.63. The molecule has 7 nitrogen and oxygen atoms in total. The highest BCUT2D eigenvalue weighted by Gasteiger charge is 2.50. The maximum Gasteiger partial charge on any atom is 0.318 e. The van der Waals surface area contributed by atoms with Gasteiger partial charge >= 0.3 is 6.01 Å². The number of carbonyl (C=O) groups excluding carboxylic acids is 1. The minimum Gasteiger partial charge on any atom is -0.408 e. The minimum atomic E-state index is -0.304. The lowest BCUT2D eigenvalue weighted by Crippen LogP contribution is -2.36. The molecule has 0 spiro atoms. The van der Waals surface area contributed by atoms with E-state index in [2.05, 4.69) is 20.1 Å². The van der Waals surface area contributed by atoms with Crippen LogP contribution in [0.1, 0.15) is 27.9 Å². The van der Waals surface area contributed by atoms with Crippen LogP contribution in [0.25, 0.3) is 0 Å². The van der Waals surface area contributed by atoms with Crippen molar-refractivity contribution in [3.8, 4) is 0 Å². The van der Waals surface area contributed by atoms with Gasteiger partial charge in [0.25, 0.3) is 5.91 Å². The van der Waals surface area contributed by atoms with Gasteiger partial charge in [-0.05, 0) is 29.8 Å². The van der Waals surface area contributed by atoms with Crippen molar-refractivity contribution < 1.29 is 13.6 Å². The van der Waals surface area contributed by atoms with Crippen LogP contribution >= 0.6 is 0 Å². The molecule has 3 atom stereocenters. The highest BCUT2D eigenvalue weighted by molar-refractivity contribution is 5.94. The van der Waals surface area contributed by atoms with Crippen molar-refractivity contribution in [2.75, 3.05) is 24.5 Å². The number of carbonyl (C=O) groups is 1. The van der Waals surface area contributed by atoms with Crippen molar-refractivity contribution in [1.82, 2.24) is 20.1 Å². The number of halogens is 1. The summed E-state index contributed by atoms with van der Waals surface area (Å²) in [5.41, 5.74) is 1.34. The molecule has 148 valence electrons. The van der Waals surface area contributed by atoms with Gasteiger partial charge in [0.1, 0.15) is 5.82 Å². The number of hydrogen-bond acceptors (Lipinski definition) is 6. The van der Waals surface area contributed by atoms with E-state index >= 15 is 0 Å². The molecule has 1 amide bonds. The molecule has 2 aromatic heterocycles. The van der Waals surface area contributed by atoms with Gasteiger partial charge in [-0.15, -0.1) is 5.10 Å². The van der Waals surface area contributed by atoms with Crippen LogP contribution in [0.2, 0.25) is 0 Å². The fraction of sp³-hybridized carbons (Fsp3) is 0.333. The number of aryl methyl sites for hydroxylation is 1. The summed E-state index contributed by atoms with van der Waals surface area (Å²) in [5, 5.41) is 8.05. The number of pyridine rings is 1. The molecule has 0 aliphatic carbocycles. The zero-order chi connectivity index (χ0) is 20.0. The molecule has 0 radical (unpaired) electrons. The Morgan fingerprint density at radius 3 is 2.79 bits per heavy atom. The molecule has 2 aliphatic rings. The fourth-order valence-electron chi connectivity index (χ4n) is 4.60. The molecule has 0 unspecified atom stereocenters. The molecule has 8 heteroatoms. The molecule has 3 aromatic rings. The first kappa shape index (κ1) is 17.8. The second kappa shape index (κ2) is 6.95. The Hall–Kier alpha value is -3.29. The molecule has 0 bridgehead atoms. The monoisotopic (exact) mass is 393 g/mol. The molecule has 0 N–H and O–H groups in total. The van der Waals surface area contributed by atoms with Crippen molar-refractivity contribution in [3.63, 3.8) is 0 Å². The van der Waals surface area contributed by atoms with Gasteiger partial charge in [-0.3, -0.25) is 9.78 Å². The number of aromatic nitrogens is 3. The standard InChI is InChI=1S/C21H20FN5O2/c1-13-24-25-21(29-13)26-10-16-11-27(20(28)15-5-3-7-23-9-15)19(18(16)12-26)14-4-2-6-17(22)8-14/h2-9,16,18-19H,10-12H2,1H3/t16-,18-,19+/m0/s1. The van der Waals surface area contributed by atoms with Gasteiger partial charge in [-0.1, -0.05) is 17.2 Å². The summed E-state index contributed by atoms with van der Waals surface area (Å²) in [6.07, 6.45) is 3.22. The van der Waals surface area contributed by atoms with E-state index < -0.39 is 0 Å². The Kier molecular flexibility index (Phi) is 4.26. The van der Waals surface area contributed by atoms with Crippen LogP contribution < -0.4 is 4.90 Å². The van der Waals surface area contributed by atoms with Crippen molar-refractivity contribution >= 4 is 11.9 Å². The predicted molar refractivity (Wildman–Crippen MR) is 103 cm³/mol. The highest BCUT2D eigenvalue weighted by atomic mass is 19.1. The summed E-state index contributed by atoms with van der Waals surface area (Å²) in [7, 11) is 0. The van der Waals surface area contributed by atoms with Crippen LogP contribution in [-0.4, -0.2) is 45.6 Å². The third kappa shape index (κ3) is 3.14. The maximum absolute atomic E-state index is 14.0. The number of benzene rings is 1. The summed E-state index contributed by atoms with van der Waals surface area (Å²) in [6, 6.07) is 10.3. The lowest BCUT2D eigenvalue weighted by atomic mass is 9.89. The van der Waals surface area contributed by atoms with Crippen LogP contribution in [-0.2, 0) is 0 Å². The second-order valence-corrected chi connectivity index (χ2v) is 7.63. The quantitative estimate of drug-likeness (QED) is 0.681. The molecule has 2 aliphatic heterocycles. The Bertz CT molecular complexity index is 1040. The third-order valence-corrected chi connectivity index (χ3v) is 5.81. The van der Waals surface area contributed by atoms with Crippen LogP contribution in [0.3, 0.4) is 0 Å². The van der Waals surface area contributed by atoms with E-state index in [1.54, 1.807) is 37.5 Å².